The van der Waals surface area contributed by atoms with Crippen molar-refractivity contribution in [3.63, 3.8) is 0 Å². The minimum absolute atomic E-state index is 0.000761. The quantitative estimate of drug-likeness (QED) is 0.506. The molecule has 0 radical (unpaired) electrons. The van der Waals surface area contributed by atoms with E-state index in [1.54, 1.807) is 0 Å². The van der Waals surface area contributed by atoms with E-state index in [9.17, 15) is 9.59 Å². The van der Waals surface area contributed by atoms with Crippen molar-refractivity contribution in [1.29, 1.82) is 0 Å². The van der Waals surface area contributed by atoms with Crippen molar-refractivity contribution in [3.05, 3.63) is 0 Å². The molecule has 0 saturated carbocycles. The summed E-state index contributed by atoms with van der Waals surface area (Å²) in [6.07, 6.45) is 0.660. The maximum absolute atomic E-state index is 12.5. The molecule has 0 aliphatic rings. The predicted octanol–water partition coefficient (Wildman–Crippen LogP) is 5.78. The summed E-state index contributed by atoms with van der Waals surface area (Å²) in [5.74, 6) is -0.157. The molecule has 0 atom stereocenters. The summed E-state index contributed by atoms with van der Waals surface area (Å²) < 4.78 is 13.0. The van der Waals surface area contributed by atoms with Gasteiger partial charge >= 0.3 is 6.09 Å². The zero-order valence-electron chi connectivity index (χ0n) is 18.9. The van der Waals surface area contributed by atoms with Gasteiger partial charge in [-0.3, -0.25) is 4.79 Å². The molecule has 0 bridgehead atoms. The Labute approximate surface area is 163 Å². The van der Waals surface area contributed by atoms with Gasteiger partial charge in [0.15, 0.2) is 8.24 Å². The number of amides is 1. The summed E-state index contributed by atoms with van der Waals surface area (Å²) in [6, 6.07) is 0. The lowest BCUT2D eigenvalue weighted by Gasteiger charge is -2.45. The second-order valence-corrected chi connectivity index (χ2v) is 19.9. The van der Waals surface area contributed by atoms with Gasteiger partial charge in [0.2, 0.25) is 0 Å². The van der Waals surface area contributed by atoms with Gasteiger partial charge in [-0.05, 0) is 36.5 Å². The highest BCUT2D eigenvalue weighted by Crippen LogP contribution is 2.39. The lowest BCUT2D eigenvalue weighted by Crippen LogP contribution is -2.58. The molecule has 0 saturated heterocycles. The molecule has 0 aromatic carbocycles. The molecule has 7 heteroatoms. The van der Waals surface area contributed by atoms with Crippen LogP contribution in [0.15, 0.2) is 0 Å². The Morgan fingerprint density at radius 2 is 1.42 bits per heavy atom. The zero-order chi connectivity index (χ0) is 21.0. The van der Waals surface area contributed by atoms with Crippen LogP contribution in [0.4, 0.5) is 4.79 Å². The van der Waals surface area contributed by atoms with E-state index in [-0.39, 0.29) is 22.1 Å². The van der Waals surface area contributed by atoms with Gasteiger partial charge in [-0.2, -0.15) is 0 Å². The molecule has 0 heterocycles. The van der Waals surface area contributed by atoms with E-state index in [4.69, 9.17) is 9.16 Å². The molecule has 154 valence electrons. The lowest BCUT2D eigenvalue weighted by molar-refractivity contribution is -0.135. The van der Waals surface area contributed by atoms with Crippen LogP contribution in [0.25, 0.3) is 0 Å². The van der Waals surface area contributed by atoms with E-state index < -0.39 is 16.6 Å². The summed E-state index contributed by atoms with van der Waals surface area (Å²) in [5, 5.41) is 0.0160. The van der Waals surface area contributed by atoms with E-state index >= 15 is 0 Å². The molecule has 0 aromatic rings. The van der Waals surface area contributed by atoms with Crippen LogP contribution in [0.3, 0.4) is 0 Å². The van der Waals surface area contributed by atoms with Crippen LogP contribution in [0.2, 0.25) is 36.3 Å². The molecule has 0 N–H and O–H groups in total. The highest BCUT2D eigenvalue weighted by atomic mass is 28.4. The number of hydrogen-bond donors (Lipinski definition) is 0. The van der Waals surface area contributed by atoms with Gasteiger partial charge in [-0.15, -0.1) is 0 Å². The van der Waals surface area contributed by atoms with Gasteiger partial charge in [-0.25, -0.2) is 4.79 Å². The van der Waals surface area contributed by atoms with E-state index in [1.165, 1.54) is 0 Å². The summed E-state index contributed by atoms with van der Waals surface area (Å²) in [6.45, 7) is 24.1. The van der Waals surface area contributed by atoms with Crippen molar-refractivity contribution in [3.8, 4) is 0 Å². The molecule has 0 rings (SSSR count). The summed E-state index contributed by atoms with van der Waals surface area (Å²) in [4.78, 5) is 24.8. The SMILES string of the molecule is CCOC(=O)N(CCCC(=O)O[Si](C)(C)C(C)(C)C)[Si](C)(C)C(C)(C)C. The van der Waals surface area contributed by atoms with Crippen molar-refractivity contribution >= 4 is 28.6 Å². The van der Waals surface area contributed by atoms with Crippen LogP contribution < -0.4 is 0 Å². The Kier molecular flexibility index (Phi) is 8.63. The van der Waals surface area contributed by atoms with Crippen LogP contribution in [0.1, 0.15) is 61.3 Å². The Morgan fingerprint density at radius 1 is 0.923 bits per heavy atom. The number of hydrogen-bond acceptors (Lipinski definition) is 4. The maximum Gasteiger partial charge on any atom is 0.401 e. The first-order valence-corrected chi connectivity index (χ1v) is 15.5. The van der Waals surface area contributed by atoms with Crippen LogP contribution in [-0.2, 0) is 14.0 Å². The smallest absolute Gasteiger partial charge is 0.401 e. The fourth-order valence-electron chi connectivity index (χ4n) is 2.08. The molecule has 5 nitrogen and oxygen atoms in total. The van der Waals surface area contributed by atoms with Gasteiger partial charge in [0, 0.05) is 13.0 Å². The molecule has 0 fully saturated rings. The number of carbonyl (C=O) groups is 2. The molecule has 0 aliphatic heterocycles. The monoisotopic (exact) mass is 403 g/mol. The average Bonchev–Trinajstić information content (AvgIpc) is 2.40. The largest absolute Gasteiger partial charge is 0.519 e. The lowest BCUT2D eigenvalue weighted by atomic mass is 10.2. The van der Waals surface area contributed by atoms with Gasteiger partial charge in [0.05, 0.1) is 6.61 Å². The zero-order valence-corrected chi connectivity index (χ0v) is 20.9. The van der Waals surface area contributed by atoms with E-state index in [2.05, 4.69) is 67.7 Å². The van der Waals surface area contributed by atoms with Crippen LogP contribution in [-0.4, -0.2) is 46.3 Å². The third-order valence-corrected chi connectivity index (χ3v) is 15.7. The minimum atomic E-state index is -2.09. The fourth-order valence-corrected chi connectivity index (χ4v) is 5.10. The molecule has 0 aromatic heterocycles. The number of ether oxygens (including phenoxy) is 1. The number of nitrogens with zero attached hydrogens (tertiary/aromatic N) is 1. The van der Waals surface area contributed by atoms with Crippen molar-refractivity contribution < 1.29 is 18.8 Å². The highest BCUT2D eigenvalue weighted by molar-refractivity contribution is 6.79. The maximum atomic E-state index is 12.5. The molecular formula is C19H41NO4Si2. The normalized spacial score (nSPS) is 13.3. The Balaban J connectivity index is 4.98. The third kappa shape index (κ3) is 6.72. The summed E-state index contributed by atoms with van der Waals surface area (Å²) >= 11 is 0. The van der Waals surface area contributed by atoms with Gasteiger partial charge in [0.25, 0.3) is 14.3 Å². The van der Waals surface area contributed by atoms with Crippen molar-refractivity contribution in [1.82, 2.24) is 4.57 Å². The average molecular weight is 404 g/mol. The van der Waals surface area contributed by atoms with Gasteiger partial charge in [-0.1, -0.05) is 54.6 Å². The summed E-state index contributed by atoms with van der Waals surface area (Å²) in [5.41, 5.74) is 0. The van der Waals surface area contributed by atoms with E-state index in [1.807, 2.05) is 11.5 Å². The highest BCUT2D eigenvalue weighted by Gasteiger charge is 2.44. The molecule has 1 amide bonds. The van der Waals surface area contributed by atoms with Crippen LogP contribution in [0.5, 0.6) is 0 Å². The minimum Gasteiger partial charge on any atom is -0.519 e. The van der Waals surface area contributed by atoms with Crippen molar-refractivity contribution in [2.45, 2.75) is 97.6 Å². The third-order valence-electron chi connectivity index (χ3n) is 5.94. The van der Waals surface area contributed by atoms with Crippen LogP contribution >= 0.6 is 0 Å². The first kappa shape index (κ1) is 25.2. The second kappa shape index (κ2) is 8.91. The molecular weight excluding hydrogens is 362 g/mol. The van der Waals surface area contributed by atoms with Gasteiger partial charge < -0.3 is 13.7 Å². The molecule has 0 spiro atoms. The Morgan fingerprint density at radius 3 is 1.81 bits per heavy atom. The number of rotatable bonds is 7. The first-order valence-electron chi connectivity index (χ1n) is 9.63. The standard InChI is InChI=1S/C19H41NO4Si2/c1-12-23-17(22)20(25(8,9)18(2,3)4)15-13-14-16(21)24-26(10,11)19(5,6)7/h12-15H2,1-11H3. The second-order valence-electron chi connectivity index (χ2n) is 10.00. The fraction of sp³-hybridized carbons (Fsp3) is 0.895. The van der Waals surface area contributed by atoms with Gasteiger partial charge in [0.1, 0.15) is 0 Å². The summed E-state index contributed by atoms with van der Waals surface area (Å²) in [7, 11) is -4.16. The Hall–Kier alpha value is -0.826. The molecule has 26 heavy (non-hydrogen) atoms. The van der Waals surface area contributed by atoms with E-state index in [0.717, 1.165) is 0 Å². The van der Waals surface area contributed by atoms with E-state index in [0.29, 0.717) is 26.0 Å². The molecule has 0 aliphatic carbocycles. The Bertz CT molecular complexity index is 491. The molecule has 0 unspecified atom stereocenters. The first-order chi connectivity index (χ1) is 11.5. The topological polar surface area (TPSA) is 55.8 Å². The number of carbonyl (C=O) groups excluding carboxylic acids is 2. The van der Waals surface area contributed by atoms with Crippen molar-refractivity contribution in [2.75, 3.05) is 13.2 Å². The predicted molar refractivity (Wildman–Crippen MR) is 113 cm³/mol. The van der Waals surface area contributed by atoms with Crippen LogP contribution in [0, 0.1) is 0 Å². The van der Waals surface area contributed by atoms with Crippen molar-refractivity contribution in [2.24, 2.45) is 0 Å².